The van der Waals surface area contributed by atoms with Crippen LogP contribution in [0.25, 0.3) is 0 Å². The fraction of sp³-hybridized carbons (Fsp3) is 0.450. The Morgan fingerprint density at radius 3 is 2.84 bits per heavy atom. The predicted octanol–water partition coefficient (Wildman–Crippen LogP) is 3.51. The Morgan fingerprint density at radius 1 is 1.28 bits per heavy atom. The molecule has 0 bridgehead atoms. The SMILES string of the molecule is CCCC(NCc1cc[nH]c1)C(=O)Nc1cccc(N2CCCC2)c1. The summed E-state index contributed by atoms with van der Waals surface area (Å²) < 4.78 is 0. The fourth-order valence-corrected chi connectivity index (χ4v) is 3.31. The van der Waals surface area contributed by atoms with E-state index >= 15 is 0 Å². The van der Waals surface area contributed by atoms with Crippen molar-refractivity contribution in [2.75, 3.05) is 23.3 Å². The van der Waals surface area contributed by atoms with Crippen molar-refractivity contribution in [2.24, 2.45) is 0 Å². The highest BCUT2D eigenvalue weighted by molar-refractivity contribution is 5.95. The summed E-state index contributed by atoms with van der Waals surface area (Å²) in [6.45, 7) is 5.00. The first-order valence-corrected chi connectivity index (χ1v) is 9.27. The lowest BCUT2D eigenvalue weighted by Gasteiger charge is -2.20. The van der Waals surface area contributed by atoms with E-state index in [9.17, 15) is 4.79 Å². The second-order valence-corrected chi connectivity index (χ2v) is 6.68. The summed E-state index contributed by atoms with van der Waals surface area (Å²) in [5.74, 6) is 0.0379. The highest BCUT2D eigenvalue weighted by atomic mass is 16.2. The molecule has 0 radical (unpaired) electrons. The molecule has 1 amide bonds. The molecule has 1 aliphatic rings. The smallest absolute Gasteiger partial charge is 0.241 e. The summed E-state index contributed by atoms with van der Waals surface area (Å²) in [5.41, 5.74) is 3.23. The molecule has 0 saturated carbocycles. The van der Waals surface area contributed by atoms with Gasteiger partial charge in [-0.2, -0.15) is 0 Å². The summed E-state index contributed by atoms with van der Waals surface area (Å²) in [7, 11) is 0. The van der Waals surface area contributed by atoms with Crippen LogP contribution in [0.15, 0.2) is 42.7 Å². The van der Waals surface area contributed by atoms with Crippen molar-refractivity contribution < 1.29 is 4.79 Å². The molecule has 3 N–H and O–H groups in total. The van der Waals surface area contributed by atoms with E-state index in [1.54, 1.807) is 0 Å². The first-order chi connectivity index (χ1) is 12.3. The van der Waals surface area contributed by atoms with E-state index in [-0.39, 0.29) is 11.9 Å². The topological polar surface area (TPSA) is 60.2 Å². The molecule has 25 heavy (non-hydrogen) atoms. The molecule has 1 aliphatic heterocycles. The van der Waals surface area contributed by atoms with Gasteiger partial charge in [0.25, 0.3) is 0 Å². The molecular weight excluding hydrogens is 312 g/mol. The van der Waals surface area contributed by atoms with Gasteiger partial charge in [-0.05, 0) is 49.1 Å². The van der Waals surface area contributed by atoms with Crippen molar-refractivity contribution in [3.05, 3.63) is 48.3 Å². The molecule has 2 heterocycles. The van der Waals surface area contributed by atoms with Crippen molar-refractivity contribution in [3.63, 3.8) is 0 Å². The van der Waals surface area contributed by atoms with Crippen molar-refractivity contribution in [1.82, 2.24) is 10.3 Å². The molecule has 0 aliphatic carbocycles. The number of H-pyrrole nitrogens is 1. The fourth-order valence-electron chi connectivity index (χ4n) is 3.31. The lowest BCUT2D eigenvalue weighted by atomic mass is 10.1. The number of carbonyl (C=O) groups excluding carboxylic acids is 1. The lowest BCUT2D eigenvalue weighted by Crippen LogP contribution is -2.40. The molecule has 1 aromatic heterocycles. The van der Waals surface area contributed by atoms with E-state index in [4.69, 9.17) is 0 Å². The van der Waals surface area contributed by atoms with Gasteiger partial charge in [-0.15, -0.1) is 0 Å². The number of hydrogen-bond donors (Lipinski definition) is 3. The standard InChI is InChI=1S/C20H28N4O/c1-2-6-19(22-15-16-9-10-21-14-16)20(25)23-17-7-5-8-18(13-17)24-11-3-4-12-24/h5,7-10,13-14,19,21-22H,2-4,6,11-12,15H2,1H3,(H,23,25). The molecule has 1 unspecified atom stereocenters. The minimum absolute atomic E-state index is 0.0379. The maximum Gasteiger partial charge on any atom is 0.241 e. The van der Waals surface area contributed by atoms with Gasteiger partial charge in [0.1, 0.15) is 0 Å². The minimum Gasteiger partial charge on any atom is -0.371 e. The van der Waals surface area contributed by atoms with Gasteiger partial charge < -0.3 is 20.5 Å². The number of rotatable bonds is 8. The molecule has 2 aromatic rings. The average molecular weight is 340 g/mol. The normalized spacial score (nSPS) is 15.3. The molecule has 1 saturated heterocycles. The van der Waals surface area contributed by atoms with E-state index in [1.165, 1.54) is 18.5 Å². The third-order valence-corrected chi connectivity index (χ3v) is 4.69. The Labute approximate surface area is 149 Å². The number of aromatic amines is 1. The third kappa shape index (κ3) is 4.86. The Hall–Kier alpha value is -2.27. The molecule has 134 valence electrons. The molecule has 1 aromatic carbocycles. The van der Waals surface area contributed by atoms with Crippen molar-refractivity contribution in [3.8, 4) is 0 Å². The van der Waals surface area contributed by atoms with Crippen LogP contribution in [0, 0.1) is 0 Å². The molecular formula is C20H28N4O. The quantitative estimate of drug-likeness (QED) is 0.689. The van der Waals surface area contributed by atoms with E-state index in [0.717, 1.165) is 37.2 Å². The zero-order valence-corrected chi connectivity index (χ0v) is 14.9. The number of anilines is 2. The summed E-state index contributed by atoms with van der Waals surface area (Å²) >= 11 is 0. The lowest BCUT2D eigenvalue weighted by molar-refractivity contribution is -0.118. The summed E-state index contributed by atoms with van der Waals surface area (Å²) in [5, 5.41) is 6.46. The van der Waals surface area contributed by atoms with Crippen LogP contribution >= 0.6 is 0 Å². The number of nitrogens with one attached hydrogen (secondary N) is 3. The largest absolute Gasteiger partial charge is 0.371 e. The second kappa shape index (κ2) is 8.72. The number of nitrogens with zero attached hydrogens (tertiary/aromatic N) is 1. The van der Waals surface area contributed by atoms with Gasteiger partial charge in [0.05, 0.1) is 6.04 Å². The second-order valence-electron chi connectivity index (χ2n) is 6.68. The molecule has 5 heteroatoms. The highest BCUT2D eigenvalue weighted by Gasteiger charge is 2.18. The Balaban J connectivity index is 1.60. The van der Waals surface area contributed by atoms with Crippen LogP contribution in [0.4, 0.5) is 11.4 Å². The Morgan fingerprint density at radius 2 is 2.12 bits per heavy atom. The van der Waals surface area contributed by atoms with Gasteiger partial charge in [0, 0.05) is 43.4 Å². The maximum atomic E-state index is 12.7. The summed E-state index contributed by atoms with van der Waals surface area (Å²) in [6.07, 6.45) is 8.13. The first kappa shape index (κ1) is 17.5. The Bertz CT molecular complexity index is 662. The van der Waals surface area contributed by atoms with E-state index in [2.05, 4.69) is 39.6 Å². The van der Waals surface area contributed by atoms with Crippen LogP contribution < -0.4 is 15.5 Å². The van der Waals surface area contributed by atoms with Crippen molar-refractivity contribution in [1.29, 1.82) is 0 Å². The summed E-state index contributed by atoms with van der Waals surface area (Å²) in [6, 6.07) is 10.0. The number of carbonyl (C=O) groups is 1. The number of amides is 1. The average Bonchev–Trinajstić information content (AvgIpc) is 3.32. The number of aromatic nitrogens is 1. The van der Waals surface area contributed by atoms with Crippen LogP contribution in [-0.2, 0) is 11.3 Å². The summed E-state index contributed by atoms with van der Waals surface area (Å²) in [4.78, 5) is 18.1. The minimum atomic E-state index is -0.185. The van der Waals surface area contributed by atoms with Gasteiger partial charge in [-0.3, -0.25) is 4.79 Å². The molecule has 3 rings (SSSR count). The van der Waals surface area contributed by atoms with Crippen LogP contribution in [0.5, 0.6) is 0 Å². The maximum absolute atomic E-state index is 12.7. The number of hydrogen-bond acceptors (Lipinski definition) is 3. The van der Waals surface area contributed by atoms with E-state index < -0.39 is 0 Å². The Kier molecular flexibility index (Phi) is 6.12. The van der Waals surface area contributed by atoms with Crippen LogP contribution in [0.2, 0.25) is 0 Å². The van der Waals surface area contributed by atoms with Crippen LogP contribution in [0.1, 0.15) is 38.2 Å². The van der Waals surface area contributed by atoms with Crippen molar-refractivity contribution in [2.45, 2.75) is 45.2 Å². The first-order valence-electron chi connectivity index (χ1n) is 9.27. The van der Waals surface area contributed by atoms with Crippen LogP contribution in [-0.4, -0.2) is 30.0 Å². The molecule has 1 atom stereocenters. The third-order valence-electron chi connectivity index (χ3n) is 4.69. The highest BCUT2D eigenvalue weighted by Crippen LogP contribution is 2.23. The predicted molar refractivity (Wildman–Crippen MR) is 103 cm³/mol. The van der Waals surface area contributed by atoms with E-state index in [1.807, 2.05) is 30.6 Å². The zero-order chi connectivity index (χ0) is 17.5. The molecule has 0 spiro atoms. The van der Waals surface area contributed by atoms with Crippen LogP contribution in [0.3, 0.4) is 0 Å². The van der Waals surface area contributed by atoms with Gasteiger partial charge in [-0.1, -0.05) is 19.4 Å². The zero-order valence-electron chi connectivity index (χ0n) is 14.9. The molecule has 1 fully saturated rings. The number of benzene rings is 1. The van der Waals surface area contributed by atoms with Crippen molar-refractivity contribution >= 4 is 17.3 Å². The van der Waals surface area contributed by atoms with E-state index in [0.29, 0.717) is 6.54 Å². The van der Waals surface area contributed by atoms with Gasteiger partial charge >= 0.3 is 0 Å². The van der Waals surface area contributed by atoms with Gasteiger partial charge in [0.2, 0.25) is 5.91 Å². The van der Waals surface area contributed by atoms with Gasteiger partial charge in [-0.25, -0.2) is 0 Å². The van der Waals surface area contributed by atoms with Gasteiger partial charge in [0.15, 0.2) is 0 Å². The monoisotopic (exact) mass is 340 g/mol. The molecule has 5 nitrogen and oxygen atoms in total.